The van der Waals surface area contributed by atoms with Gasteiger partial charge in [0.2, 0.25) is 0 Å². The number of nitrogens with zero attached hydrogens (tertiary/aromatic N) is 3. The van der Waals surface area contributed by atoms with Crippen molar-refractivity contribution in [2.75, 3.05) is 4.90 Å². The van der Waals surface area contributed by atoms with Gasteiger partial charge < -0.3 is 19.2 Å². The first-order valence-electron chi connectivity index (χ1n) is 10.5. The van der Waals surface area contributed by atoms with E-state index >= 15 is 0 Å². The Balaban J connectivity index is 1.59. The number of nitrogens with one attached hydrogen (secondary N) is 1. The smallest absolute Gasteiger partial charge is 0.174 e. The molecule has 0 unspecified atom stereocenters. The van der Waals surface area contributed by atoms with E-state index in [1.807, 2.05) is 30.5 Å². The summed E-state index contributed by atoms with van der Waals surface area (Å²) in [5.41, 5.74) is 4.50. The number of furan rings is 1. The molecule has 1 aromatic carbocycles. The number of anilines is 1. The number of hydrogen-bond donors (Lipinski definition) is 1. The van der Waals surface area contributed by atoms with Gasteiger partial charge in [-0.05, 0) is 72.7 Å². The van der Waals surface area contributed by atoms with Gasteiger partial charge in [-0.15, -0.1) is 0 Å². The molecule has 2 atom stereocenters. The van der Waals surface area contributed by atoms with Crippen LogP contribution in [0.4, 0.5) is 5.69 Å². The zero-order valence-electron chi connectivity index (χ0n) is 17.3. The van der Waals surface area contributed by atoms with Gasteiger partial charge >= 0.3 is 0 Å². The van der Waals surface area contributed by atoms with Crippen LogP contribution in [-0.4, -0.2) is 14.7 Å². The molecule has 1 N–H and O–H groups in total. The van der Waals surface area contributed by atoms with Crippen molar-refractivity contribution < 1.29 is 4.42 Å². The van der Waals surface area contributed by atoms with E-state index < -0.39 is 0 Å². The van der Waals surface area contributed by atoms with Gasteiger partial charge in [-0.2, -0.15) is 0 Å². The van der Waals surface area contributed by atoms with Crippen molar-refractivity contribution >= 4 is 23.0 Å². The maximum absolute atomic E-state index is 5.83. The molecule has 5 nitrogen and oxygen atoms in total. The van der Waals surface area contributed by atoms with Crippen LogP contribution in [0.1, 0.15) is 41.7 Å². The molecular weight excluding hydrogens is 404 g/mol. The first-order valence-corrected chi connectivity index (χ1v) is 10.9. The second-order valence-corrected chi connectivity index (χ2v) is 8.04. The zero-order chi connectivity index (χ0) is 21.2. The molecule has 31 heavy (non-hydrogen) atoms. The summed E-state index contributed by atoms with van der Waals surface area (Å²) in [6, 6.07) is 22.7. The molecule has 0 radical (unpaired) electrons. The van der Waals surface area contributed by atoms with E-state index in [0.29, 0.717) is 11.7 Å². The van der Waals surface area contributed by atoms with Crippen molar-refractivity contribution in [3.63, 3.8) is 0 Å². The lowest BCUT2D eigenvalue weighted by Crippen LogP contribution is -2.30. The number of benzene rings is 1. The number of hydrogen-bond acceptors (Lipinski definition) is 3. The Kier molecular flexibility index (Phi) is 5.30. The first-order chi connectivity index (χ1) is 15.2. The molecule has 4 aromatic rings. The summed E-state index contributed by atoms with van der Waals surface area (Å²) < 4.78 is 7.83. The van der Waals surface area contributed by atoms with E-state index in [2.05, 4.69) is 75.4 Å². The van der Waals surface area contributed by atoms with E-state index in [9.17, 15) is 0 Å². The van der Waals surface area contributed by atoms with Crippen molar-refractivity contribution in [1.29, 1.82) is 0 Å². The summed E-state index contributed by atoms with van der Waals surface area (Å²) >= 11 is 5.83. The maximum atomic E-state index is 5.83. The van der Waals surface area contributed by atoms with Crippen LogP contribution in [0.5, 0.6) is 0 Å². The Morgan fingerprint density at radius 2 is 1.90 bits per heavy atom. The third-order valence-corrected chi connectivity index (χ3v) is 6.11. The lowest BCUT2D eigenvalue weighted by molar-refractivity contribution is 0.475. The first kappa shape index (κ1) is 19.6. The lowest BCUT2D eigenvalue weighted by Gasteiger charge is -2.29. The molecule has 0 bridgehead atoms. The summed E-state index contributed by atoms with van der Waals surface area (Å²) in [6.07, 6.45) is 6.64. The summed E-state index contributed by atoms with van der Waals surface area (Å²) in [5, 5.41) is 4.23. The molecule has 1 aliphatic rings. The number of aromatic nitrogens is 2. The third-order valence-electron chi connectivity index (χ3n) is 5.79. The summed E-state index contributed by atoms with van der Waals surface area (Å²) in [6.45, 7) is 2.83. The van der Waals surface area contributed by atoms with E-state index in [0.717, 1.165) is 29.3 Å². The number of rotatable bonds is 6. The highest BCUT2D eigenvalue weighted by molar-refractivity contribution is 7.80. The Morgan fingerprint density at radius 3 is 2.61 bits per heavy atom. The largest absolute Gasteiger partial charge is 0.467 e. The molecular formula is C25H24N4OS. The number of thiocarbonyl (C=S) groups is 1. The Labute approximate surface area is 187 Å². The molecule has 156 valence electrons. The standard InChI is InChI=1S/C25H24N4OS/c1-2-18-10-12-19(13-11-18)29-24(23(27-25(29)31)21-8-3-4-14-26-21)22-9-5-15-28(22)17-20-7-6-16-30-20/h3-16,23-24H,2,17H2,1H3,(H,27,31)/t23-,24+/m0/s1. The van der Waals surface area contributed by atoms with Crippen LogP contribution in [0, 0.1) is 0 Å². The highest BCUT2D eigenvalue weighted by atomic mass is 32.1. The minimum absolute atomic E-state index is 0.0418. The Hall–Kier alpha value is -3.38. The van der Waals surface area contributed by atoms with E-state index in [1.165, 1.54) is 5.56 Å². The van der Waals surface area contributed by atoms with Crippen molar-refractivity contribution in [2.24, 2.45) is 0 Å². The molecule has 1 aliphatic heterocycles. The highest BCUT2D eigenvalue weighted by Crippen LogP contribution is 2.41. The average Bonchev–Trinajstić information content (AvgIpc) is 3.55. The van der Waals surface area contributed by atoms with Crippen LogP contribution in [0.2, 0.25) is 0 Å². The molecule has 3 aromatic heterocycles. The topological polar surface area (TPSA) is 46.2 Å². The van der Waals surface area contributed by atoms with Crippen molar-refractivity contribution in [1.82, 2.24) is 14.9 Å². The molecule has 5 rings (SSSR count). The van der Waals surface area contributed by atoms with Gasteiger partial charge in [0.25, 0.3) is 0 Å². The molecule has 1 saturated heterocycles. The Morgan fingerprint density at radius 1 is 1.03 bits per heavy atom. The summed E-state index contributed by atoms with van der Waals surface area (Å²) in [5.74, 6) is 0.916. The molecule has 4 heterocycles. The minimum Gasteiger partial charge on any atom is -0.467 e. The molecule has 0 saturated carbocycles. The van der Waals surface area contributed by atoms with E-state index in [4.69, 9.17) is 16.6 Å². The van der Waals surface area contributed by atoms with Gasteiger partial charge in [0.05, 0.1) is 24.5 Å². The van der Waals surface area contributed by atoms with Crippen LogP contribution >= 0.6 is 12.2 Å². The lowest BCUT2D eigenvalue weighted by atomic mass is 10.0. The highest BCUT2D eigenvalue weighted by Gasteiger charge is 2.42. The third kappa shape index (κ3) is 3.75. The van der Waals surface area contributed by atoms with Crippen molar-refractivity contribution in [3.8, 4) is 0 Å². The van der Waals surface area contributed by atoms with E-state index in [-0.39, 0.29) is 12.1 Å². The zero-order valence-corrected chi connectivity index (χ0v) is 18.1. The molecule has 0 amide bonds. The predicted molar refractivity (Wildman–Crippen MR) is 126 cm³/mol. The molecule has 1 fully saturated rings. The fraction of sp³-hybridized carbons (Fsp3) is 0.200. The SMILES string of the molecule is CCc1ccc(N2C(=S)N[C@@H](c3ccccn3)[C@H]2c2cccn2Cc2ccco2)cc1. The summed E-state index contributed by atoms with van der Waals surface area (Å²) in [4.78, 5) is 6.85. The van der Waals surface area contributed by atoms with E-state index in [1.54, 1.807) is 6.26 Å². The van der Waals surface area contributed by atoms with Gasteiger partial charge in [0.15, 0.2) is 5.11 Å². The Bertz CT molecular complexity index is 1150. The van der Waals surface area contributed by atoms with Crippen molar-refractivity contribution in [2.45, 2.75) is 32.0 Å². The van der Waals surface area contributed by atoms with Gasteiger partial charge in [0.1, 0.15) is 11.8 Å². The quantitative estimate of drug-likeness (QED) is 0.424. The van der Waals surface area contributed by atoms with Crippen LogP contribution in [0.25, 0.3) is 0 Å². The van der Waals surface area contributed by atoms with Gasteiger partial charge in [0, 0.05) is 23.8 Å². The molecule has 0 aliphatic carbocycles. The van der Waals surface area contributed by atoms with Gasteiger partial charge in [-0.25, -0.2) is 0 Å². The van der Waals surface area contributed by atoms with Crippen LogP contribution in [0.3, 0.4) is 0 Å². The average molecular weight is 429 g/mol. The molecule has 6 heteroatoms. The second-order valence-electron chi connectivity index (χ2n) is 7.66. The van der Waals surface area contributed by atoms with Gasteiger partial charge in [-0.3, -0.25) is 4.98 Å². The maximum Gasteiger partial charge on any atom is 0.174 e. The number of aryl methyl sites for hydroxylation is 1. The monoisotopic (exact) mass is 428 g/mol. The summed E-state index contributed by atoms with van der Waals surface area (Å²) in [7, 11) is 0. The minimum atomic E-state index is -0.0650. The normalized spacial score (nSPS) is 18.4. The van der Waals surface area contributed by atoms with Gasteiger partial charge in [-0.1, -0.05) is 25.1 Å². The number of pyridine rings is 1. The van der Waals surface area contributed by atoms with Crippen LogP contribution < -0.4 is 10.2 Å². The molecule has 0 spiro atoms. The fourth-order valence-corrected chi connectivity index (χ4v) is 4.58. The van der Waals surface area contributed by atoms with Crippen molar-refractivity contribution in [3.05, 3.63) is 108 Å². The fourth-order valence-electron chi connectivity index (χ4n) is 4.24. The van der Waals surface area contributed by atoms with Crippen LogP contribution in [0.15, 0.2) is 89.8 Å². The predicted octanol–water partition coefficient (Wildman–Crippen LogP) is 5.26. The van der Waals surface area contributed by atoms with Crippen LogP contribution in [-0.2, 0) is 13.0 Å². The second kappa shape index (κ2) is 8.40.